The molecule has 12 heteroatoms. The number of hydrogen-bond donors (Lipinski definition) is 5. The number of carbonyl (C=O) groups is 5. The summed E-state index contributed by atoms with van der Waals surface area (Å²) in [6.07, 6.45) is -4.04. The molecule has 2 atom stereocenters. The van der Waals surface area contributed by atoms with Crippen LogP contribution in [0.1, 0.15) is 0 Å². The Bertz CT molecular complexity index is 429. The van der Waals surface area contributed by atoms with Gasteiger partial charge in [-0.05, 0) is 0 Å². The van der Waals surface area contributed by atoms with E-state index in [-0.39, 0.29) is 0 Å². The van der Waals surface area contributed by atoms with Crippen molar-refractivity contribution in [3.63, 3.8) is 0 Å². The van der Waals surface area contributed by atoms with E-state index in [1.54, 1.807) is 10.6 Å². The summed E-state index contributed by atoms with van der Waals surface area (Å²) in [5.41, 5.74) is 0. The standard InChI is InChI=1S/C6H6N2O7.C3H7NO2/c9-3-1(7-5(11)12)2(4(10)15-3)8-6(13)14;1-4(2)3(5)6/h1-2,7-8H,(H,11,12)(H,13,14);1-2H3,(H,5,6)/t1-,2-;/m0./s1. The second kappa shape index (κ2) is 7.52. The maximum atomic E-state index is 10.9. The number of ether oxygens (including phenoxy) is 1. The molecule has 3 amide bonds. The number of carbonyl (C=O) groups excluding carboxylic acids is 2. The summed E-state index contributed by atoms with van der Waals surface area (Å²) in [7, 11) is 2.95. The van der Waals surface area contributed by atoms with Gasteiger partial charge in [-0.15, -0.1) is 0 Å². The Kier molecular flexibility index (Phi) is 6.43. The van der Waals surface area contributed by atoms with Gasteiger partial charge in [0.1, 0.15) is 0 Å². The molecular weight excluding hydrogens is 294 g/mol. The predicted molar refractivity (Wildman–Crippen MR) is 62.7 cm³/mol. The van der Waals surface area contributed by atoms with Gasteiger partial charge in [0.05, 0.1) is 0 Å². The molecule has 5 N–H and O–H groups in total. The average molecular weight is 307 g/mol. The zero-order chi connectivity index (χ0) is 16.7. The van der Waals surface area contributed by atoms with Crippen molar-refractivity contribution in [2.24, 2.45) is 0 Å². The van der Waals surface area contributed by atoms with Crippen LogP contribution in [0.5, 0.6) is 0 Å². The smallest absolute Gasteiger partial charge is 0.406 e. The van der Waals surface area contributed by atoms with Crippen molar-refractivity contribution < 1.29 is 44.0 Å². The minimum atomic E-state index is -1.57. The number of amides is 3. The van der Waals surface area contributed by atoms with Gasteiger partial charge in [0.2, 0.25) is 0 Å². The molecular formula is C9H13N3O9. The number of nitrogens with one attached hydrogen (secondary N) is 2. The van der Waals surface area contributed by atoms with Gasteiger partial charge in [-0.1, -0.05) is 0 Å². The molecule has 1 aliphatic heterocycles. The average Bonchev–Trinajstić information content (AvgIpc) is 2.55. The first-order chi connectivity index (χ1) is 9.56. The Labute approximate surface area is 117 Å². The Balaban J connectivity index is 0.000000567. The van der Waals surface area contributed by atoms with Gasteiger partial charge >= 0.3 is 30.2 Å². The third kappa shape index (κ3) is 6.09. The summed E-state index contributed by atoms with van der Waals surface area (Å²) in [5.74, 6) is -2.28. The fourth-order valence-electron chi connectivity index (χ4n) is 1.05. The van der Waals surface area contributed by atoms with Crippen LogP contribution in [0, 0.1) is 0 Å². The third-order valence-electron chi connectivity index (χ3n) is 1.98. The fourth-order valence-corrected chi connectivity index (χ4v) is 1.05. The van der Waals surface area contributed by atoms with E-state index in [1.807, 2.05) is 0 Å². The molecule has 1 saturated heterocycles. The minimum absolute atomic E-state index is 0.907. The molecule has 0 aliphatic carbocycles. The van der Waals surface area contributed by atoms with E-state index < -0.39 is 42.3 Å². The van der Waals surface area contributed by atoms with Crippen molar-refractivity contribution in [1.29, 1.82) is 0 Å². The highest BCUT2D eigenvalue weighted by atomic mass is 16.6. The zero-order valence-corrected chi connectivity index (χ0v) is 10.9. The maximum Gasteiger partial charge on any atom is 0.406 e. The van der Waals surface area contributed by atoms with Crippen molar-refractivity contribution in [2.75, 3.05) is 14.1 Å². The Hall–Kier alpha value is -3.05. The van der Waals surface area contributed by atoms with Gasteiger partial charge in [-0.25, -0.2) is 24.0 Å². The highest BCUT2D eigenvalue weighted by Gasteiger charge is 2.46. The molecule has 1 heterocycles. The molecule has 21 heavy (non-hydrogen) atoms. The van der Waals surface area contributed by atoms with Crippen molar-refractivity contribution in [2.45, 2.75) is 12.1 Å². The van der Waals surface area contributed by atoms with Crippen LogP contribution in [0.3, 0.4) is 0 Å². The van der Waals surface area contributed by atoms with Crippen LogP contribution in [0.25, 0.3) is 0 Å². The van der Waals surface area contributed by atoms with Crippen LogP contribution in [-0.2, 0) is 14.3 Å². The van der Waals surface area contributed by atoms with E-state index in [9.17, 15) is 24.0 Å². The van der Waals surface area contributed by atoms with E-state index in [4.69, 9.17) is 15.3 Å². The van der Waals surface area contributed by atoms with Crippen LogP contribution in [0.15, 0.2) is 0 Å². The molecule has 0 saturated carbocycles. The van der Waals surface area contributed by atoms with Gasteiger partial charge in [-0.3, -0.25) is 0 Å². The second-order valence-corrected chi connectivity index (χ2v) is 3.77. The summed E-state index contributed by atoms with van der Waals surface area (Å²) in [6, 6.07) is -3.10. The molecule has 118 valence electrons. The maximum absolute atomic E-state index is 10.9. The molecule has 1 rings (SSSR count). The van der Waals surface area contributed by atoms with Crippen molar-refractivity contribution in [1.82, 2.24) is 15.5 Å². The van der Waals surface area contributed by atoms with Crippen molar-refractivity contribution in [3.8, 4) is 0 Å². The first-order valence-corrected chi connectivity index (χ1v) is 5.21. The van der Waals surface area contributed by atoms with Gasteiger partial charge in [0.25, 0.3) is 0 Å². The summed E-state index contributed by atoms with van der Waals surface area (Å²) >= 11 is 0. The molecule has 1 fully saturated rings. The minimum Gasteiger partial charge on any atom is -0.465 e. The molecule has 12 nitrogen and oxygen atoms in total. The van der Waals surface area contributed by atoms with E-state index in [1.165, 1.54) is 14.1 Å². The summed E-state index contributed by atoms with van der Waals surface area (Å²) in [6.45, 7) is 0. The first-order valence-electron chi connectivity index (χ1n) is 5.21. The van der Waals surface area contributed by atoms with E-state index >= 15 is 0 Å². The molecule has 0 aromatic rings. The van der Waals surface area contributed by atoms with E-state index in [0.717, 1.165) is 4.90 Å². The lowest BCUT2D eigenvalue weighted by Crippen LogP contribution is -2.52. The third-order valence-corrected chi connectivity index (χ3v) is 1.98. The molecule has 0 aromatic heterocycles. The molecule has 0 aromatic carbocycles. The highest BCUT2D eigenvalue weighted by Crippen LogP contribution is 2.09. The molecule has 1 aliphatic rings. The van der Waals surface area contributed by atoms with Gasteiger partial charge in [0, 0.05) is 14.1 Å². The van der Waals surface area contributed by atoms with Crippen LogP contribution < -0.4 is 10.6 Å². The summed E-state index contributed by atoms with van der Waals surface area (Å²) in [4.78, 5) is 53.0. The monoisotopic (exact) mass is 307 g/mol. The molecule has 0 spiro atoms. The zero-order valence-electron chi connectivity index (χ0n) is 10.9. The summed E-state index contributed by atoms with van der Waals surface area (Å²) in [5, 5.41) is 27.9. The number of esters is 2. The SMILES string of the molecule is CN(C)C(=O)O.O=C(O)N[C@@H]1C(=O)OC(=O)[C@H]1NC(=O)O. The van der Waals surface area contributed by atoms with Gasteiger partial charge in [0.15, 0.2) is 12.1 Å². The lowest BCUT2D eigenvalue weighted by Gasteiger charge is -2.12. The fraction of sp³-hybridized carbons (Fsp3) is 0.444. The second-order valence-electron chi connectivity index (χ2n) is 3.77. The molecule has 0 bridgehead atoms. The van der Waals surface area contributed by atoms with Crippen LogP contribution >= 0.6 is 0 Å². The van der Waals surface area contributed by atoms with E-state index in [0.29, 0.717) is 0 Å². The highest BCUT2D eigenvalue weighted by molar-refractivity contribution is 6.03. The van der Waals surface area contributed by atoms with Gasteiger partial charge < -0.3 is 35.6 Å². The molecule has 0 radical (unpaired) electrons. The van der Waals surface area contributed by atoms with Crippen molar-refractivity contribution >= 4 is 30.2 Å². The van der Waals surface area contributed by atoms with Crippen LogP contribution in [0.2, 0.25) is 0 Å². The van der Waals surface area contributed by atoms with Gasteiger partial charge in [-0.2, -0.15) is 0 Å². The Morgan fingerprint density at radius 1 is 0.952 bits per heavy atom. The Morgan fingerprint density at radius 3 is 1.43 bits per heavy atom. The van der Waals surface area contributed by atoms with E-state index in [2.05, 4.69) is 4.74 Å². The van der Waals surface area contributed by atoms with Crippen LogP contribution in [-0.4, -0.2) is 76.6 Å². The summed E-state index contributed by atoms with van der Waals surface area (Å²) < 4.78 is 4.06. The lowest BCUT2D eigenvalue weighted by atomic mass is 10.1. The lowest BCUT2D eigenvalue weighted by molar-refractivity contribution is -0.153. The Morgan fingerprint density at radius 2 is 1.24 bits per heavy atom. The number of carboxylic acid groups (broad SMARTS) is 3. The topological polar surface area (TPSA) is 183 Å². The van der Waals surface area contributed by atoms with Crippen LogP contribution in [0.4, 0.5) is 14.4 Å². The number of nitrogens with zero attached hydrogens (tertiary/aromatic N) is 1. The normalized spacial score (nSPS) is 19.7. The predicted octanol–water partition coefficient (Wildman–Crippen LogP) is -1.43. The largest absolute Gasteiger partial charge is 0.465 e. The number of rotatable bonds is 2. The number of cyclic esters (lactones) is 2. The quantitative estimate of drug-likeness (QED) is 0.301. The molecule has 0 unspecified atom stereocenters. The van der Waals surface area contributed by atoms with Crippen molar-refractivity contribution in [3.05, 3.63) is 0 Å². The first kappa shape index (κ1) is 17.9. The number of hydrogen-bond acceptors (Lipinski definition) is 6.